The van der Waals surface area contributed by atoms with E-state index >= 15 is 0 Å². The van der Waals surface area contributed by atoms with E-state index in [1.807, 2.05) is 23.1 Å². The average Bonchev–Trinajstić information content (AvgIpc) is 3.38. The van der Waals surface area contributed by atoms with Crippen molar-refractivity contribution >= 4 is 45.7 Å². The molecule has 9 heteroatoms. The standard InChI is InChI=1S/C18H16N4O3S2/c23-15(22-9-3-6-12-5-1-2-7-13(12)22)11-26-18-21-20-17(27-18)19-16(24)14-8-4-10-25-14/h1-2,4-5,7-8,10H,3,6,9,11H2,(H,19,20,24). The van der Waals surface area contributed by atoms with Crippen LogP contribution in [0.1, 0.15) is 22.5 Å². The van der Waals surface area contributed by atoms with E-state index < -0.39 is 0 Å². The van der Waals surface area contributed by atoms with Crippen molar-refractivity contribution < 1.29 is 14.0 Å². The van der Waals surface area contributed by atoms with Gasteiger partial charge in [-0.05, 0) is 36.6 Å². The Morgan fingerprint density at radius 2 is 2.11 bits per heavy atom. The van der Waals surface area contributed by atoms with Crippen LogP contribution in [-0.2, 0) is 11.2 Å². The van der Waals surface area contributed by atoms with E-state index in [2.05, 4.69) is 21.6 Å². The minimum absolute atomic E-state index is 0.0449. The van der Waals surface area contributed by atoms with E-state index in [9.17, 15) is 9.59 Å². The van der Waals surface area contributed by atoms with Crippen LogP contribution in [0.5, 0.6) is 0 Å². The molecular weight excluding hydrogens is 384 g/mol. The number of anilines is 2. The van der Waals surface area contributed by atoms with Crippen molar-refractivity contribution in [2.24, 2.45) is 0 Å². The molecule has 1 aliphatic rings. The molecule has 1 aromatic carbocycles. The Morgan fingerprint density at radius 1 is 1.22 bits per heavy atom. The highest BCUT2D eigenvalue weighted by molar-refractivity contribution is 8.01. The normalized spacial score (nSPS) is 13.3. The molecule has 0 radical (unpaired) electrons. The van der Waals surface area contributed by atoms with Gasteiger partial charge in [0.05, 0.1) is 12.0 Å². The molecule has 138 valence electrons. The van der Waals surface area contributed by atoms with Gasteiger partial charge in [0.2, 0.25) is 11.0 Å². The predicted molar refractivity (Wildman–Crippen MR) is 104 cm³/mol. The molecule has 7 nitrogen and oxygen atoms in total. The van der Waals surface area contributed by atoms with Crippen molar-refractivity contribution in [1.29, 1.82) is 0 Å². The van der Waals surface area contributed by atoms with E-state index in [0.29, 0.717) is 9.47 Å². The third-order valence-corrected chi connectivity index (χ3v) is 6.06. The van der Waals surface area contributed by atoms with Crippen LogP contribution in [0.2, 0.25) is 0 Å². The van der Waals surface area contributed by atoms with Crippen molar-refractivity contribution in [3.63, 3.8) is 0 Å². The zero-order valence-corrected chi connectivity index (χ0v) is 15.9. The Kier molecular flexibility index (Phi) is 5.21. The summed E-state index contributed by atoms with van der Waals surface area (Å²) in [4.78, 5) is 26.4. The molecule has 0 saturated heterocycles. The van der Waals surface area contributed by atoms with Gasteiger partial charge in [-0.1, -0.05) is 41.3 Å². The van der Waals surface area contributed by atoms with Crippen molar-refractivity contribution in [2.75, 3.05) is 22.5 Å². The number of thioether (sulfide) groups is 1. The number of hydrogen-bond acceptors (Lipinski definition) is 7. The molecule has 27 heavy (non-hydrogen) atoms. The van der Waals surface area contributed by atoms with Crippen molar-refractivity contribution in [3.05, 3.63) is 54.0 Å². The molecule has 4 rings (SSSR count). The maximum atomic E-state index is 12.7. The summed E-state index contributed by atoms with van der Waals surface area (Å²) in [6.45, 7) is 0.733. The molecule has 3 aromatic rings. The number of carbonyl (C=O) groups is 2. The first-order chi connectivity index (χ1) is 13.2. The molecular formula is C18H16N4O3S2. The summed E-state index contributed by atoms with van der Waals surface area (Å²) < 4.78 is 5.67. The van der Waals surface area contributed by atoms with Gasteiger partial charge in [0, 0.05) is 12.2 Å². The fourth-order valence-electron chi connectivity index (χ4n) is 2.88. The third kappa shape index (κ3) is 4.04. The zero-order valence-electron chi connectivity index (χ0n) is 14.3. The highest BCUT2D eigenvalue weighted by Gasteiger charge is 2.22. The number of carbonyl (C=O) groups excluding carboxylic acids is 2. The Labute approximate surface area is 163 Å². The third-order valence-electron chi connectivity index (χ3n) is 4.10. The van der Waals surface area contributed by atoms with Crippen molar-refractivity contribution in [3.8, 4) is 0 Å². The van der Waals surface area contributed by atoms with Crippen molar-refractivity contribution in [1.82, 2.24) is 10.2 Å². The second kappa shape index (κ2) is 7.93. The minimum Gasteiger partial charge on any atom is -0.459 e. The Hall–Kier alpha value is -2.65. The van der Waals surface area contributed by atoms with Crippen LogP contribution in [0.3, 0.4) is 0 Å². The van der Waals surface area contributed by atoms with Crippen LogP contribution < -0.4 is 10.2 Å². The molecule has 2 aromatic heterocycles. The van der Waals surface area contributed by atoms with Gasteiger partial charge in [-0.15, -0.1) is 10.2 Å². The van der Waals surface area contributed by atoms with Crippen LogP contribution in [0, 0.1) is 0 Å². The molecule has 0 fully saturated rings. The van der Waals surface area contributed by atoms with E-state index in [1.54, 1.807) is 12.1 Å². The first-order valence-corrected chi connectivity index (χ1v) is 10.2. The SMILES string of the molecule is O=C(Nc1nnc(SCC(=O)N2CCCc3ccccc32)s1)c1ccco1. The lowest BCUT2D eigenvalue weighted by molar-refractivity contribution is -0.116. The number of aromatic nitrogens is 2. The average molecular weight is 400 g/mol. The van der Waals surface area contributed by atoms with E-state index in [-0.39, 0.29) is 23.3 Å². The number of hydrogen-bond donors (Lipinski definition) is 1. The molecule has 2 amide bonds. The number of para-hydroxylation sites is 1. The van der Waals surface area contributed by atoms with Gasteiger partial charge >= 0.3 is 0 Å². The zero-order chi connectivity index (χ0) is 18.6. The van der Waals surface area contributed by atoms with E-state index in [4.69, 9.17) is 4.42 Å². The van der Waals surface area contributed by atoms with Gasteiger partial charge in [-0.2, -0.15) is 0 Å². The van der Waals surface area contributed by atoms with E-state index in [1.165, 1.54) is 34.9 Å². The van der Waals surface area contributed by atoms with Crippen LogP contribution in [0.4, 0.5) is 10.8 Å². The van der Waals surface area contributed by atoms with Gasteiger partial charge in [0.25, 0.3) is 5.91 Å². The molecule has 1 aliphatic heterocycles. The topological polar surface area (TPSA) is 88.3 Å². The molecule has 3 heterocycles. The van der Waals surface area contributed by atoms with Crippen LogP contribution in [-0.4, -0.2) is 34.3 Å². The summed E-state index contributed by atoms with van der Waals surface area (Å²) in [5.74, 6) is 0.144. The van der Waals surface area contributed by atoms with Gasteiger partial charge < -0.3 is 9.32 Å². The number of benzene rings is 1. The van der Waals surface area contributed by atoms with Crippen LogP contribution >= 0.6 is 23.1 Å². The number of amides is 2. The molecule has 0 aliphatic carbocycles. The predicted octanol–water partition coefficient (Wildman–Crippen LogP) is 3.45. The quantitative estimate of drug-likeness (QED) is 0.521. The largest absolute Gasteiger partial charge is 0.459 e. The summed E-state index contributed by atoms with van der Waals surface area (Å²) >= 11 is 2.55. The highest BCUT2D eigenvalue weighted by atomic mass is 32.2. The lowest BCUT2D eigenvalue weighted by Gasteiger charge is -2.29. The first kappa shape index (κ1) is 17.7. The summed E-state index contributed by atoms with van der Waals surface area (Å²) in [7, 11) is 0. The number of nitrogens with one attached hydrogen (secondary N) is 1. The minimum atomic E-state index is -0.381. The monoisotopic (exact) mass is 400 g/mol. The maximum Gasteiger partial charge on any atom is 0.293 e. The Balaban J connectivity index is 1.35. The number of furan rings is 1. The maximum absolute atomic E-state index is 12.7. The second-order valence-electron chi connectivity index (χ2n) is 5.87. The highest BCUT2D eigenvalue weighted by Crippen LogP contribution is 2.30. The Bertz CT molecular complexity index is 955. The smallest absolute Gasteiger partial charge is 0.293 e. The van der Waals surface area contributed by atoms with Gasteiger partial charge in [0.15, 0.2) is 10.1 Å². The number of rotatable bonds is 5. The summed E-state index contributed by atoms with van der Waals surface area (Å²) in [6, 6.07) is 11.2. The lowest BCUT2D eigenvalue weighted by atomic mass is 10.0. The molecule has 0 unspecified atom stereocenters. The molecule has 0 saturated carbocycles. The number of fused-ring (bicyclic) bond motifs is 1. The molecule has 0 spiro atoms. The summed E-state index contributed by atoms with van der Waals surface area (Å²) in [6.07, 6.45) is 3.40. The van der Waals surface area contributed by atoms with Crippen LogP contribution in [0.15, 0.2) is 51.4 Å². The fraction of sp³-hybridized carbons (Fsp3) is 0.222. The van der Waals surface area contributed by atoms with E-state index in [0.717, 1.165) is 25.1 Å². The van der Waals surface area contributed by atoms with Gasteiger partial charge in [-0.25, -0.2) is 0 Å². The molecule has 0 bridgehead atoms. The van der Waals surface area contributed by atoms with Crippen molar-refractivity contribution in [2.45, 2.75) is 17.2 Å². The molecule has 1 N–H and O–H groups in total. The lowest BCUT2D eigenvalue weighted by Crippen LogP contribution is -2.36. The fourth-order valence-corrected chi connectivity index (χ4v) is 4.50. The number of nitrogens with zero attached hydrogens (tertiary/aromatic N) is 3. The molecule has 0 atom stereocenters. The first-order valence-electron chi connectivity index (χ1n) is 8.40. The Morgan fingerprint density at radius 3 is 2.96 bits per heavy atom. The van der Waals surface area contributed by atoms with Crippen LogP contribution in [0.25, 0.3) is 0 Å². The summed E-state index contributed by atoms with van der Waals surface area (Å²) in [5.41, 5.74) is 2.21. The van der Waals surface area contributed by atoms with Gasteiger partial charge in [0.1, 0.15) is 0 Å². The number of aryl methyl sites for hydroxylation is 1. The second-order valence-corrected chi connectivity index (χ2v) is 8.07. The van der Waals surface area contributed by atoms with Gasteiger partial charge in [-0.3, -0.25) is 14.9 Å². The summed E-state index contributed by atoms with van der Waals surface area (Å²) in [5, 5.41) is 11.0.